The fourth-order valence-corrected chi connectivity index (χ4v) is 1.43. The molecule has 0 aliphatic rings. The van der Waals surface area contributed by atoms with Crippen LogP contribution in [0, 0.1) is 0 Å². The molecule has 0 N–H and O–H groups in total. The van der Waals surface area contributed by atoms with Crippen molar-refractivity contribution in [1.29, 1.82) is 0 Å². The Morgan fingerprint density at radius 2 is 1.86 bits per heavy atom. The Kier molecular flexibility index (Phi) is 5.08. The molecule has 0 heterocycles. The zero-order valence-corrected chi connectivity index (χ0v) is 9.07. The van der Waals surface area contributed by atoms with Gasteiger partial charge < -0.3 is 9.64 Å². The van der Waals surface area contributed by atoms with Crippen molar-refractivity contribution in [3.63, 3.8) is 0 Å². The van der Waals surface area contributed by atoms with Gasteiger partial charge >= 0.3 is 0 Å². The minimum absolute atomic E-state index is 0.798. The Hall–Kier alpha value is -1.02. The van der Waals surface area contributed by atoms with E-state index < -0.39 is 0 Å². The highest BCUT2D eigenvalue weighted by atomic mass is 16.5. The molecule has 2 heteroatoms. The summed E-state index contributed by atoms with van der Waals surface area (Å²) < 4.78 is 5.35. The van der Waals surface area contributed by atoms with Crippen molar-refractivity contribution >= 4 is 5.69 Å². The van der Waals surface area contributed by atoms with Crippen molar-refractivity contribution in [3.8, 4) is 0 Å². The van der Waals surface area contributed by atoms with E-state index in [1.165, 1.54) is 5.69 Å². The molecule has 78 valence electrons. The molecule has 0 atom stereocenters. The lowest BCUT2D eigenvalue weighted by Crippen LogP contribution is -2.26. The number of ether oxygens (including phenoxy) is 1. The van der Waals surface area contributed by atoms with Crippen molar-refractivity contribution in [2.45, 2.75) is 13.8 Å². The molecule has 0 fully saturated rings. The third kappa shape index (κ3) is 3.38. The Morgan fingerprint density at radius 1 is 1.14 bits per heavy atom. The third-order valence-electron chi connectivity index (χ3n) is 2.21. The van der Waals surface area contributed by atoms with Crippen LogP contribution in [0.15, 0.2) is 30.3 Å². The van der Waals surface area contributed by atoms with Crippen LogP contribution in [0.25, 0.3) is 0 Å². The highest BCUT2D eigenvalue weighted by Crippen LogP contribution is 2.11. The predicted octanol–water partition coefficient (Wildman–Crippen LogP) is 2.55. The van der Waals surface area contributed by atoms with Crippen molar-refractivity contribution in [1.82, 2.24) is 0 Å². The molecule has 14 heavy (non-hydrogen) atoms. The lowest BCUT2D eigenvalue weighted by Gasteiger charge is -2.22. The summed E-state index contributed by atoms with van der Waals surface area (Å²) in [7, 11) is 0. The summed E-state index contributed by atoms with van der Waals surface area (Å²) in [5.41, 5.74) is 1.27. The maximum Gasteiger partial charge on any atom is 0.0641 e. The number of hydrogen-bond acceptors (Lipinski definition) is 2. The van der Waals surface area contributed by atoms with E-state index in [0.717, 1.165) is 26.3 Å². The van der Waals surface area contributed by atoms with E-state index in [-0.39, 0.29) is 0 Å². The van der Waals surface area contributed by atoms with Crippen molar-refractivity contribution in [2.75, 3.05) is 31.2 Å². The quantitative estimate of drug-likeness (QED) is 0.644. The standard InChI is InChI=1S/C12H19NO/c1-3-13(10-11-14-4-2)12-8-6-5-7-9-12/h5-9H,3-4,10-11H2,1-2H3. The van der Waals surface area contributed by atoms with Gasteiger partial charge in [-0.15, -0.1) is 0 Å². The first-order valence-corrected chi connectivity index (χ1v) is 5.26. The maximum atomic E-state index is 5.35. The van der Waals surface area contributed by atoms with E-state index in [4.69, 9.17) is 4.74 Å². The summed E-state index contributed by atoms with van der Waals surface area (Å²) in [6.45, 7) is 7.79. The van der Waals surface area contributed by atoms with Gasteiger partial charge in [-0.2, -0.15) is 0 Å². The molecule has 1 aromatic carbocycles. The van der Waals surface area contributed by atoms with Crippen LogP contribution in [0.5, 0.6) is 0 Å². The van der Waals surface area contributed by atoms with Crippen LogP contribution >= 0.6 is 0 Å². The maximum absolute atomic E-state index is 5.35. The zero-order chi connectivity index (χ0) is 10.2. The molecule has 0 aromatic heterocycles. The topological polar surface area (TPSA) is 12.5 Å². The smallest absolute Gasteiger partial charge is 0.0641 e. The fraction of sp³-hybridized carbons (Fsp3) is 0.500. The second-order valence-electron chi connectivity index (χ2n) is 3.11. The number of para-hydroxylation sites is 1. The Bertz CT molecular complexity index is 235. The van der Waals surface area contributed by atoms with Gasteiger partial charge in [0, 0.05) is 25.4 Å². The summed E-state index contributed by atoms with van der Waals surface area (Å²) in [6, 6.07) is 10.4. The lowest BCUT2D eigenvalue weighted by molar-refractivity contribution is 0.154. The van der Waals surface area contributed by atoms with Crippen molar-refractivity contribution in [2.24, 2.45) is 0 Å². The average molecular weight is 193 g/mol. The van der Waals surface area contributed by atoms with E-state index in [1.807, 2.05) is 13.0 Å². The van der Waals surface area contributed by atoms with Crippen LogP contribution in [-0.4, -0.2) is 26.3 Å². The zero-order valence-electron chi connectivity index (χ0n) is 9.07. The molecule has 0 amide bonds. The molecule has 0 radical (unpaired) electrons. The van der Waals surface area contributed by atoms with Crippen LogP contribution in [-0.2, 0) is 4.74 Å². The first-order valence-electron chi connectivity index (χ1n) is 5.26. The van der Waals surface area contributed by atoms with E-state index in [9.17, 15) is 0 Å². The molecule has 2 nitrogen and oxygen atoms in total. The minimum atomic E-state index is 0.798. The lowest BCUT2D eigenvalue weighted by atomic mass is 10.3. The molecule has 0 aliphatic carbocycles. The van der Waals surface area contributed by atoms with Gasteiger partial charge in [0.05, 0.1) is 6.61 Å². The number of hydrogen-bond donors (Lipinski definition) is 0. The minimum Gasteiger partial charge on any atom is -0.380 e. The van der Waals surface area contributed by atoms with Gasteiger partial charge in [-0.25, -0.2) is 0 Å². The molecule has 1 rings (SSSR count). The highest BCUT2D eigenvalue weighted by molar-refractivity contribution is 5.45. The first-order chi connectivity index (χ1) is 6.88. The molecule has 0 spiro atoms. The van der Waals surface area contributed by atoms with Gasteiger partial charge in [-0.05, 0) is 26.0 Å². The van der Waals surface area contributed by atoms with Gasteiger partial charge in [0.15, 0.2) is 0 Å². The molecule has 0 saturated heterocycles. The summed E-state index contributed by atoms with van der Waals surface area (Å²) >= 11 is 0. The van der Waals surface area contributed by atoms with Crippen LogP contribution in [0.3, 0.4) is 0 Å². The number of anilines is 1. The first kappa shape index (κ1) is 11.1. The molecule has 0 bridgehead atoms. The molecule has 0 saturated carbocycles. The van der Waals surface area contributed by atoms with E-state index in [1.54, 1.807) is 0 Å². The number of rotatable bonds is 6. The number of likely N-dealkylation sites (N-methyl/N-ethyl adjacent to an activating group) is 1. The molecular weight excluding hydrogens is 174 g/mol. The second-order valence-corrected chi connectivity index (χ2v) is 3.11. The summed E-state index contributed by atoms with van der Waals surface area (Å²) in [4.78, 5) is 2.32. The van der Waals surface area contributed by atoms with Crippen molar-refractivity contribution in [3.05, 3.63) is 30.3 Å². The highest BCUT2D eigenvalue weighted by Gasteiger charge is 2.01. The average Bonchev–Trinajstić information content (AvgIpc) is 2.26. The molecule has 1 aromatic rings. The van der Waals surface area contributed by atoms with Crippen LogP contribution in [0.1, 0.15) is 13.8 Å². The Labute approximate surface area is 86.5 Å². The number of benzene rings is 1. The fourth-order valence-electron chi connectivity index (χ4n) is 1.43. The summed E-state index contributed by atoms with van der Waals surface area (Å²) in [6.07, 6.45) is 0. The van der Waals surface area contributed by atoms with Gasteiger partial charge in [0.2, 0.25) is 0 Å². The van der Waals surface area contributed by atoms with Gasteiger partial charge in [-0.1, -0.05) is 18.2 Å². The van der Waals surface area contributed by atoms with E-state index >= 15 is 0 Å². The van der Waals surface area contributed by atoms with Crippen LogP contribution in [0.4, 0.5) is 5.69 Å². The SMILES string of the molecule is CCOCCN(CC)c1ccccc1. The largest absolute Gasteiger partial charge is 0.380 e. The Balaban J connectivity index is 2.46. The van der Waals surface area contributed by atoms with Gasteiger partial charge in [0.1, 0.15) is 0 Å². The van der Waals surface area contributed by atoms with Gasteiger partial charge in [-0.3, -0.25) is 0 Å². The predicted molar refractivity (Wildman–Crippen MR) is 60.8 cm³/mol. The number of nitrogens with zero attached hydrogens (tertiary/aromatic N) is 1. The second kappa shape index (κ2) is 6.44. The van der Waals surface area contributed by atoms with E-state index in [0.29, 0.717) is 0 Å². The molecule has 0 aliphatic heterocycles. The summed E-state index contributed by atoms with van der Waals surface area (Å²) in [5, 5.41) is 0. The van der Waals surface area contributed by atoms with E-state index in [2.05, 4.69) is 36.1 Å². The Morgan fingerprint density at radius 3 is 2.43 bits per heavy atom. The van der Waals surface area contributed by atoms with Crippen LogP contribution in [0.2, 0.25) is 0 Å². The van der Waals surface area contributed by atoms with Gasteiger partial charge in [0.25, 0.3) is 0 Å². The monoisotopic (exact) mass is 193 g/mol. The summed E-state index contributed by atoms with van der Waals surface area (Å²) in [5.74, 6) is 0. The van der Waals surface area contributed by atoms with Crippen molar-refractivity contribution < 1.29 is 4.74 Å². The molecule has 0 unspecified atom stereocenters. The normalized spacial score (nSPS) is 10.1. The van der Waals surface area contributed by atoms with Crippen LogP contribution < -0.4 is 4.90 Å². The molecular formula is C12H19NO. The third-order valence-corrected chi connectivity index (χ3v) is 2.21.